The zero-order valence-corrected chi connectivity index (χ0v) is 13.8. The Morgan fingerprint density at radius 1 is 1.00 bits per heavy atom. The number of amides is 3. The van der Waals surface area contributed by atoms with Gasteiger partial charge in [-0.25, -0.2) is 4.79 Å². The molecule has 3 aromatic rings. The van der Waals surface area contributed by atoms with Crippen LogP contribution in [0.3, 0.4) is 0 Å². The molecule has 124 valence electrons. The van der Waals surface area contributed by atoms with Crippen LogP contribution in [0.1, 0.15) is 11.1 Å². The molecule has 0 aliphatic carbocycles. The molecule has 1 saturated heterocycles. The van der Waals surface area contributed by atoms with Gasteiger partial charge in [-0.15, -0.1) is 0 Å². The van der Waals surface area contributed by atoms with Crippen LogP contribution in [0.2, 0.25) is 0 Å². The van der Waals surface area contributed by atoms with Crippen molar-refractivity contribution >= 4 is 28.9 Å². The maximum absolute atomic E-state index is 12.6. The van der Waals surface area contributed by atoms with Gasteiger partial charge in [0.2, 0.25) is 0 Å². The fourth-order valence-electron chi connectivity index (χ4n) is 3.12. The zero-order valence-electron chi connectivity index (χ0n) is 13.8. The van der Waals surface area contributed by atoms with Crippen LogP contribution in [0.5, 0.6) is 0 Å². The lowest BCUT2D eigenvalue weighted by atomic mass is 10.1. The van der Waals surface area contributed by atoms with E-state index in [9.17, 15) is 9.59 Å². The Hall–Kier alpha value is -3.34. The lowest BCUT2D eigenvalue weighted by molar-refractivity contribution is -0.123. The number of nitrogens with zero attached hydrogens (tertiary/aromatic N) is 2. The van der Waals surface area contributed by atoms with E-state index < -0.39 is 0 Å². The molecule has 5 heteroatoms. The molecule has 3 amide bonds. The van der Waals surface area contributed by atoms with E-state index in [1.807, 2.05) is 72.4 Å². The average Bonchev–Trinajstić information content (AvgIpc) is 3.08. The minimum absolute atomic E-state index is 0.262. The first kappa shape index (κ1) is 15.2. The molecule has 25 heavy (non-hydrogen) atoms. The van der Waals surface area contributed by atoms with Crippen molar-refractivity contribution in [3.63, 3.8) is 0 Å². The third-order valence-corrected chi connectivity index (χ3v) is 4.37. The molecule has 0 spiro atoms. The van der Waals surface area contributed by atoms with Crippen LogP contribution in [0, 0.1) is 0 Å². The number of rotatable bonds is 3. The molecule has 2 aromatic carbocycles. The summed E-state index contributed by atoms with van der Waals surface area (Å²) in [6, 6.07) is 17.0. The summed E-state index contributed by atoms with van der Waals surface area (Å²) in [6.45, 7) is 0.262. The average molecular weight is 331 g/mol. The Bertz CT molecular complexity index is 1000. The summed E-state index contributed by atoms with van der Waals surface area (Å²) in [4.78, 5) is 26.1. The fourth-order valence-corrected chi connectivity index (χ4v) is 3.12. The first-order valence-electron chi connectivity index (χ1n) is 8.06. The zero-order chi connectivity index (χ0) is 17.4. The predicted octanol–water partition coefficient (Wildman–Crippen LogP) is 3.27. The molecule has 4 rings (SSSR count). The predicted molar refractivity (Wildman–Crippen MR) is 96.4 cm³/mol. The second-order valence-electron chi connectivity index (χ2n) is 6.08. The maximum Gasteiger partial charge on any atom is 0.329 e. The van der Waals surface area contributed by atoms with Crippen molar-refractivity contribution < 1.29 is 9.59 Å². The molecule has 2 heterocycles. The second kappa shape index (κ2) is 5.94. The smallest absolute Gasteiger partial charge is 0.329 e. The molecule has 1 aromatic heterocycles. The summed E-state index contributed by atoms with van der Waals surface area (Å²) in [5.74, 6) is -0.304. The van der Waals surface area contributed by atoms with E-state index in [1.165, 1.54) is 4.90 Å². The number of fused-ring (bicyclic) bond motifs is 1. The number of urea groups is 1. The minimum atomic E-state index is -0.389. The summed E-state index contributed by atoms with van der Waals surface area (Å²) in [6.07, 6.45) is 3.70. The highest BCUT2D eigenvalue weighted by molar-refractivity contribution is 6.14. The molecular weight excluding hydrogens is 314 g/mol. The third kappa shape index (κ3) is 2.70. The molecule has 5 nitrogen and oxygen atoms in total. The Labute approximate surface area is 145 Å². The maximum atomic E-state index is 12.6. The number of nitrogens with one attached hydrogen (secondary N) is 1. The Balaban J connectivity index is 1.66. The van der Waals surface area contributed by atoms with Gasteiger partial charge in [0.05, 0.1) is 6.54 Å². The SMILES string of the molecule is Cn1cc(/C=C2/NC(=O)N(Cc3ccccc3)C2=O)c2ccccc21. The van der Waals surface area contributed by atoms with Crippen LogP contribution in [0.15, 0.2) is 66.5 Å². The minimum Gasteiger partial charge on any atom is -0.350 e. The molecular formula is C20H17N3O2. The van der Waals surface area contributed by atoms with E-state index in [1.54, 1.807) is 6.08 Å². The van der Waals surface area contributed by atoms with Crippen molar-refractivity contribution in [3.05, 3.63) is 77.6 Å². The molecule has 1 aliphatic rings. The van der Waals surface area contributed by atoms with Crippen LogP contribution < -0.4 is 5.32 Å². The molecule has 1 fully saturated rings. The van der Waals surface area contributed by atoms with Crippen molar-refractivity contribution in [2.75, 3.05) is 0 Å². The number of benzene rings is 2. The fraction of sp³-hybridized carbons (Fsp3) is 0.100. The summed E-state index contributed by atoms with van der Waals surface area (Å²) in [7, 11) is 1.96. The number of imide groups is 1. The Kier molecular flexibility index (Phi) is 3.61. The number of aromatic nitrogens is 1. The molecule has 1 N–H and O–H groups in total. The van der Waals surface area contributed by atoms with Gasteiger partial charge >= 0.3 is 6.03 Å². The Morgan fingerprint density at radius 3 is 2.52 bits per heavy atom. The summed E-state index contributed by atoms with van der Waals surface area (Å²) in [5.41, 5.74) is 3.20. The molecule has 1 aliphatic heterocycles. The van der Waals surface area contributed by atoms with E-state index in [4.69, 9.17) is 0 Å². The van der Waals surface area contributed by atoms with Gasteiger partial charge in [-0.2, -0.15) is 0 Å². The standard InChI is InChI=1S/C20H17N3O2/c1-22-13-15(16-9-5-6-10-18(16)22)11-17-19(24)23(20(25)21-17)12-14-7-3-2-4-8-14/h2-11,13H,12H2,1H3,(H,21,25)/b17-11+. The van der Waals surface area contributed by atoms with Gasteiger partial charge < -0.3 is 9.88 Å². The number of hydrogen-bond donors (Lipinski definition) is 1. The van der Waals surface area contributed by atoms with Crippen molar-refractivity contribution in [2.24, 2.45) is 7.05 Å². The van der Waals surface area contributed by atoms with Crippen molar-refractivity contribution in [3.8, 4) is 0 Å². The number of carbonyl (C=O) groups is 2. The topological polar surface area (TPSA) is 54.3 Å². The monoisotopic (exact) mass is 331 g/mol. The van der Waals surface area contributed by atoms with Gasteiger partial charge in [0.15, 0.2) is 0 Å². The van der Waals surface area contributed by atoms with Crippen LogP contribution in [-0.4, -0.2) is 21.4 Å². The molecule has 0 unspecified atom stereocenters. The number of hydrogen-bond acceptors (Lipinski definition) is 2. The van der Waals surface area contributed by atoms with Crippen LogP contribution in [-0.2, 0) is 18.4 Å². The van der Waals surface area contributed by atoms with Gasteiger partial charge in [0.1, 0.15) is 5.70 Å². The first-order chi connectivity index (χ1) is 12.1. The van der Waals surface area contributed by atoms with E-state index in [0.717, 1.165) is 22.0 Å². The van der Waals surface area contributed by atoms with E-state index in [2.05, 4.69) is 5.32 Å². The number of carbonyl (C=O) groups excluding carboxylic acids is 2. The van der Waals surface area contributed by atoms with Gasteiger partial charge in [-0.3, -0.25) is 9.69 Å². The molecule has 0 bridgehead atoms. The van der Waals surface area contributed by atoms with Crippen LogP contribution in [0.25, 0.3) is 17.0 Å². The summed E-state index contributed by atoms with van der Waals surface area (Å²) < 4.78 is 2.00. The summed E-state index contributed by atoms with van der Waals surface area (Å²) >= 11 is 0. The highest BCUT2D eigenvalue weighted by Crippen LogP contribution is 2.24. The quantitative estimate of drug-likeness (QED) is 0.591. The molecule has 0 radical (unpaired) electrons. The molecule has 0 atom stereocenters. The highest BCUT2D eigenvalue weighted by Gasteiger charge is 2.33. The van der Waals surface area contributed by atoms with E-state index in [0.29, 0.717) is 5.70 Å². The van der Waals surface area contributed by atoms with Crippen molar-refractivity contribution in [1.29, 1.82) is 0 Å². The molecule has 0 saturated carbocycles. The normalized spacial score (nSPS) is 16.0. The lowest BCUT2D eigenvalue weighted by Gasteiger charge is -2.11. The highest BCUT2D eigenvalue weighted by atomic mass is 16.2. The van der Waals surface area contributed by atoms with Gasteiger partial charge in [-0.1, -0.05) is 48.5 Å². The summed E-state index contributed by atoms with van der Waals surface area (Å²) in [5, 5.41) is 3.73. The van der Waals surface area contributed by atoms with Gasteiger partial charge in [0.25, 0.3) is 5.91 Å². The van der Waals surface area contributed by atoms with Gasteiger partial charge in [-0.05, 0) is 17.7 Å². The van der Waals surface area contributed by atoms with Crippen LogP contribution in [0.4, 0.5) is 4.79 Å². The first-order valence-corrected chi connectivity index (χ1v) is 8.06. The lowest BCUT2D eigenvalue weighted by Crippen LogP contribution is -2.30. The van der Waals surface area contributed by atoms with E-state index in [-0.39, 0.29) is 18.5 Å². The van der Waals surface area contributed by atoms with Crippen molar-refractivity contribution in [1.82, 2.24) is 14.8 Å². The van der Waals surface area contributed by atoms with Crippen LogP contribution >= 0.6 is 0 Å². The second-order valence-corrected chi connectivity index (χ2v) is 6.08. The van der Waals surface area contributed by atoms with Gasteiger partial charge in [0, 0.05) is 29.7 Å². The Morgan fingerprint density at radius 2 is 1.72 bits per heavy atom. The number of aryl methyl sites for hydroxylation is 1. The van der Waals surface area contributed by atoms with E-state index >= 15 is 0 Å². The largest absolute Gasteiger partial charge is 0.350 e. The number of para-hydroxylation sites is 1. The van der Waals surface area contributed by atoms with Crippen molar-refractivity contribution in [2.45, 2.75) is 6.54 Å². The third-order valence-electron chi connectivity index (χ3n) is 4.37.